The SMILES string of the molecule is CC1(C)C(/C=C/C=C/C=C2/N(CCCCS(=O)(=O)[O-])c3ccc4ccccc4c3C2(C)C)=[N+](CCCCS(=O)(=O)[O-])c2ccc3ccc(OCCCCCC(=O)NCCc4ccccc4)cc3c21.[Na+]. The summed E-state index contributed by atoms with van der Waals surface area (Å²) < 4.78 is 77.3. The second-order valence-corrected chi connectivity index (χ2v) is 22.0. The minimum absolute atomic E-state index is 0. The van der Waals surface area contributed by atoms with Crippen molar-refractivity contribution in [3.8, 4) is 5.75 Å². The first-order valence-electron chi connectivity index (χ1n) is 23.8. The van der Waals surface area contributed by atoms with Gasteiger partial charge in [-0.05, 0) is 122 Å². The number of hydrogen-bond acceptors (Lipinski definition) is 9. The van der Waals surface area contributed by atoms with E-state index < -0.39 is 37.2 Å². The fourth-order valence-electron chi connectivity index (χ4n) is 9.96. The number of anilines is 1. The van der Waals surface area contributed by atoms with E-state index in [1.807, 2.05) is 54.6 Å². The molecule has 2 aliphatic rings. The Morgan fingerprint density at radius 2 is 1.39 bits per heavy atom. The summed E-state index contributed by atoms with van der Waals surface area (Å²) in [5.74, 6) is 0.0325. The molecule has 7 rings (SSSR count). The number of nitrogens with zero attached hydrogens (tertiary/aromatic N) is 2. The Bertz CT molecular complexity index is 2980. The second-order valence-electron chi connectivity index (χ2n) is 18.9. The molecule has 5 aromatic carbocycles. The van der Waals surface area contributed by atoms with Gasteiger partial charge in [0.1, 0.15) is 12.3 Å². The number of nitrogens with one attached hydrogen (secondary N) is 1. The third-order valence-electron chi connectivity index (χ3n) is 13.3. The Morgan fingerprint density at radius 1 is 0.710 bits per heavy atom. The molecule has 2 heterocycles. The Balaban J connectivity index is 0.00000782. The summed E-state index contributed by atoms with van der Waals surface area (Å²) in [7, 11) is -8.64. The van der Waals surface area contributed by atoms with Crippen LogP contribution in [-0.4, -0.2) is 79.9 Å². The van der Waals surface area contributed by atoms with Crippen LogP contribution < -0.4 is 44.5 Å². The van der Waals surface area contributed by atoms with E-state index in [2.05, 4.69) is 115 Å². The molecule has 2 aliphatic heterocycles. The maximum atomic E-state index is 12.4. The van der Waals surface area contributed by atoms with E-state index in [0.717, 1.165) is 81.3 Å². The Labute approximate surface area is 431 Å². The van der Waals surface area contributed by atoms with Crippen molar-refractivity contribution in [1.29, 1.82) is 0 Å². The third-order valence-corrected chi connectivity index (χ3v) is 14.8. The second kappa shape index (κ2) is 23.5. The molecule has 1 amide bonds. The van der Waals surface area contributed by atoms with E-state index >= 15 is 0 Å². The average Bonchev–Trinajstić information content (AvgIpc) is 3.65. The molecule has 0 atom stereocenters. The average molecular weight is 982 g/mol. The molecule has 360 valence electrons. The van der Waals surface area contributed by atoms with Crippen LogP contribution in [-0.2, 0) is 42.3 Å². The van der Waals surface area contributed by atoms with Crippen molar-refractivity contribution in [1.82, 2.24) is 5.32 Å². The Hall–Kier alpha value is -4.60. The van der Waals surface area contributed by atoms with Gasteiger partial charge in [-0.2, -0.15) is 4.58 Å². The third kappa shape index (κ3) is 13.6. The van der Waals surface area contributed by atoms with Gasteiger partial charge in [0.2, 0.25) is 11.6 Å². The number of allylic oxidation sites excluding steroid dienone is 6. The molecule has 1 N–H and O–H groups in total. The van der Waals surface area contributed by atoms with Gasteiger partial charge >= 0.3 is 29.6 Å². The summed E-state index contributed by atoms with van der Waals surface area (Å²) in [6, 6.07) is 33.1. The molecule has 11 nitrogen and oxygen atoms in total. The molecular weight excluding hydrogens is 918 g/mol. The van der Waals surface area contributed by atoms with Crippen molar-refractivity contribution >= 4 is 64.8 Å². The zero-order chi connectivity index (χ0) is 48.5. The first-order valence-corrected chi connectivity index (χ1v) is 27.0. The van der Waals surface area contributed by atoms with Crippen LogP contribution in [0.3, 0.4) is 0 Å². The van der Waals surface area contributed by atoms with Crippen molar-refractivity contribution in [2.24, 2.45) is 0 Å². The molecule has 0 aromatic heterocycles. The fourth-order valence-corrected chi connectivity index (χ4v) is 11.1. The van der Waals surface area contributed by atoms with Crippen molar-refractivity contribution in [2.45, 2.75) is 96.3 Å². The number of fused-ring (bicyclic) bond motifs is 6. The first kappa shape index (κ1) is 53.7. The molecule has 0 saturated heterocycles. The summed E-state index contributed by atoms with van der Waals surface area (Å²) in [6.07, 6.45) is 15.6. The van der Waals surface area contributed by atoms with Gasteiger partial charge in [0.25, 0.3) is 0 Å². The van der Waals surface area contributed by atoms with Crippen LogP contribution in [0.2, 0.25) is 0 Å². The van der Waals surface area contributed by atoms with Gasteiger partial charge in [-0.1, -0.05) is 98.8 Å². The molecule has 0 saturated carbocycles. The van der Waals surface area contributed by atoms with Crippen molar-refractivity contribution in [3.63, 3.8) is 0 Å². The van der Waals surface area contributed by atoms with Crippen molar-refractivity contribution in [3.05, 3.63) is 150 Å². The van der Waals surface area contributed by atoms with E-state index in [9.17, 15) is 30.7 Å². The molecule has 14 heteroatoms. The van der Waals surface area contributed by atoms with Gasteiger partial charge in [0, 0.05) is 71.9 Å². The van der Waals surface area contributed by atoms with Crippen LogP contribution in [0.1, 0.15) is 95.8 Å². The largest absolute Gasteiger partial charge is 1.00 e. The van der Waals surface area contributed by atoms with Crippen molar-refractivity contribution in [2.75, 3.05) is 42.6 Å². The van der Waals surface area contributed by atoms with E-state index in [0.29, 0.717) is 45.5 Å². The van der Waals surface area contributed by atoms with Gasteiger partial charge in [0.05, 0.1) is 32.3 Å². The van der Waals surface area contributed by atoms with Crippen LogP contribution in [0, 0.1) is 0 Å². The van der Waals surface area contributed by atoms with Crippen LogP contribution >= 0.6 is 0 Å². The topological polar surface area (TPSA) is 159 Å². The fraction of sp³-hybridized carbons (Fsp3) is 0.382. The number of rotatable bonds is 23. The standard InChI is InChI=1S/C55H65N3O8S2.Na/c1-54(2)49(57(35-15-18-38-67(60,61)62)47-31-28-42-22-13-14-23-45(42)52(47)54)24-10-6-11-25-50-55(3,4)53-46-40-44(30-27-43(46)29-32-48(53)58(50)36-16-19-39-68(63,64)65)66-37-17-7-12-26-51(59)56-34-33-41-20-8-5-9-21-41;/h5-6,8-11,13-14,20-25,27-32,40H,7,12,15-19,26,33-39H2,1-4H3,(H2-,56,59,60,61,62,63,64,65);/q;+1/p-1. The molecule has 5 aromatic rings. The summed E-state index contributed by atoms with van der Waals surface area (Å²) in [5.41, 5.74) is 6.90. The summed E-state index contributed by atoms with van der Waals surface area (Å²) in [5, 5.41) is 7.47. The van der Waals surface area contributed by atoms with Crippen LogP contribution in [0.15, 0.2) is 133 Å². The molecule has 0 spiro atoms. The molecule has 0 aliphatic carbocycles. The summed E-state index contributed by atoms with van der Waals surface area (Å²) >= 11 is 0. The molecule has 0 fully saturated rings. The normalized spacial score (nSPS) is 15.9. The monoisotopic (exact) mass is 981 g/mol. The quantitative estimate of drug-likeness (QED) is 0.0237. The zero-order valence-corrected chi connectivity index (χ0v) is 44.3. The van der Waals surface area contributed by atoms with Gasteiger partial charge in [-0.25, -0.2) is 16.8 Å². The van der Waals surface area contributed by atoms with Gasteiger partial charge in [-0.15, -0.1) is 0 Å². The molecule has 0 bridgehead atoms. The predicted octanol–water partition coefficient (Wildman–Crippen LogP) is 7.12. The number of hydrogen-bond donors (Lipinski definition) is 1. The van der Waals surface area contributed by atoms with E-state index in [1.165, 1.54) is 11.1 Å². The Kier molecular flexibility index (Phi) is 18.3. The van der Waals surface area contributed by atoms with Gasteiger partial charge < -0.3 is 24.1 Å². The number of amides is 1. The summed E-state index contributed by atoms with van der Waals surface area (Å²) in [6.45, 7) is 11.0. The number of benzene rings is 5. The van der Waals surface area contributed by atoms with Gasteiger partial charge in [0.15, 0.2) is 5.71 Å². The van der Waals surface area contributed by atoms with E-state index in [4.69, 9.17) is 4.74 Å². The minimum Gasteiger partial charge on any atom is -0.748 e. The van der Waals surface area contributed by atoms with Gasteiger partial charge in [-0.3, -0.25) is 4.79 Å². The number of unbranched alkanes of at least 4 members (excludes halogenated alkanes) is 4. The zero-order valence-electron chi connectivity index (χ0n) is 40.7. The maximum Gasteiger partial charge on any atom is 1.00 e. The summed E-state index contributed by atoms with van der Waals surface area (Å²) in [4.78, 5) is 14.6. The first-order chi connectivity index (χ1) is 32.4. The maximum absolute atomic E-state index is 12.4. The predicted molar refractivity (Wildman–Crippen MR) is 272 cm³/mol. The minimum atomic E-state index is -4.34. The van der Waals surface area contributed by atoms with E-state index in [-0.39, 0.29) is 53.7 Å². The number of carbonyl (C=O) groups excluding carboxylic acids is 1. The van der Waals surface area contributed by atoms with Crippen LogP contribution in [0.5, 0.6) is 5.75 Å². The number of carbonyl (C=O) groups is 1. The van der Waals surface area contributed by atoms with Crippen molar-refractivity contribution < 1.29 is 69.6 Å². The molecule has 0 unspecified atom stereocenters. The molecular formula is C55H64N3NaO8S2. The smallest absolute Gasteiger partial charge is 0.748 e. The Morgan fingerprint density at radius 3 is 2.14 bits per heavy atom. The van der Waals surface area contributed by atoms with E-state index in [1.54, 1.807) is 0 Å². The molecule has 0 radical (unpaired) electrons. The van der Waals surface area contributed by atoms with Crippen LogP contribution in [0.25, 0.3) is 21.5 Å². The number of ether oxygens (including phenoxy) is 1. The van der Waals surface area contributed by atoms with Crippen LogP contribution in [0.4, 0.5) is 11.4 Å². The molecule has 69 heavy (non-hydrogen) atoms.